The van der Waals surface area contributed by atoms with Gasteiger partial charge in [-0.15, -0.1) is 11.3 Å². The number of para-hydroxylation sites is 1. The van der Waals surface area contributed by atoms with Crippen LogP contribution in [0.15, 0.2) is 46.6 Å². The molecule has 1 saturated heterocycles. The molecule has 170 valence electrons. The van der Waals surface area contributed by atoms with E-state index in [4.69, 9.17) is 0 Å². The maximum Gasteiger partial charge on any atom is 0.325 e. The maximum atomic E-state index is 13.3. The number of hydrogen-bond acceptors (Lipinski definition) is 5. The fourth-order valence-electron chi connectivity index (χ4n) is 4.72. The number of nitrogens with one attached hydrogen (secondary N) is 2. The van der Waals surface area contributed by atoms with Crippen LogP contribution in [0.5, 0.6) is 0 Å². The van der Waals surface area contributed by atoms with Crippen molar-refractivity contribution in [3.05, 3.63) is 68.3 Å². The summed E-state index contributed by atoms with van der Waals surface area (Å²) in [4.78, 5) is 53.9. The Morgan fingerprint density at radius 1 is 1.18 bits per heavy atom. The third kappa shape index (κ3) is 3.20. The van der Waals surface area contributed by atoms with Crippen LogP contribution in [-0.4, -0.2) is 38.7 Å². The molecule has 1 fully saturated rings. The molecule has 1 unspecified atom stereocenters. The highest BCUT2D eigenvalue weighted by molar-refractivity contribution is 7.10. The van der Waals surface area contributed by atoms with Crippen molar-refractivity contribution >= 4 is 34.9 Å². The van der Waals surface area contributed by atoms with Gasteiger partial charge in [0, 0.05) is 17.5 Å². The number of thiophene rings is 1. The van der Waals surface area contributed by atoms with E-state index in [1.807, 2.05) is 29.6 Å². The van der Waals surface area contributed by atoms with E-state index in [1.165, 1.54) is 4.68 Å². The molecule has 3 heterocycles. The van der Waals surface area contributed by atoms with E-state index >= 15 is 0 Å². The lowest BCUT2D eigenvalue weighted by atomic mass is 9.80. The van der Waals surface area contributed by atoms with E-state index < -0.39 is 35.5 Å². The highest BCUT2D eigenvalue weighted by atomic mass is 32.1. The van der Waals surface area contributed by atoms with Crippen molar-refractivity contribution in [1.82, 2.24) is 19.6 Å². The van der Waals surface area contributed by atoms with Gasteiger partial charge in [-0.1, -0.05) is 18.2 Å². The van der Waals surface area contributed by atoms with Gasteiger partial charge in [0.2, 0.25) is 5.91 Å². The van der Waals surface area contributed by atoms with Crippen LogP contribution in [-0.2, 0) is 28.6 Å². The third-order valence-electron chi connectivity index (χ3n) is 6.46. The number of nitrogens with zero attached hydrogens (tertiary/aromatic N) is 3. The zero-order valence-electron chi connectivity index (χ0n) is 18.3. The number of aryl methyl sites for hydroxylation is 1. The second-order valence-electron chi connectivity index (χ2n) is 8.32. The van der Waals surface area contributed by atoms with Crippen molar-refractivity contribution < 1.29 is 14.4 Å². The first kappa shape index (κ1) is 21.2. The van der Waals surface area contributed by atoms with Gasteiger partial charge in [-0.25, -0.2) is 9.48 Å². The van der Waals surface area contributed by atoms with E-state index in [1.54, 1.807) is 42.1 Å². The number of carbonyl (C=O) groups excluding carboxylic acids is 3. The second-order valence-corrected chi connectivity index (χ2v) is 9.32. The maximum absolute atomic E-state index is 13.3. The van der Waals surface area contributed by atoms with Crippen LogP contribution in [0.4, 0.5) is 10.5 Å². The number of urea groups is 1. The molecule has 2 N–H and O–H groups in total. The molecule has 1 spiro atoms. The van der Waals surface area contributed by atoms with Gasteiger partial charge in [0.25, 0.3) is 11.5 Å². The van der Waals surface area contributed by atoms with Crippen molar-refractivity contribution in [2.75, 3.05) is 11.9 Å². The van der Waals surface area contributed by atoms with Gasteiger partial charge < -0.3 is 10.6 Å². The van der Waals surface area contributed by atoms with Crippen molar-refractivity contribution in [3.63, 3.8) is 0 Å². The smallest absolute Gasteiger partial charge is 0.319 e. The molecular weight excluding hydrogens is 442 g/mol. The zero-order chi connectivity index (χ0) is 23.3. The minimum Gasteiger partial charge on any atom is -0.319 e. The number of aromatic nitrogens is 2. The molecule has 10 heteroatoms. The molecule has 2 aliphatic rings. The molecule has 5 rings (SSSR count). The SMILES string of the molecule is Cc1c(NC(=O)CN2C(=O)NC3(CCCc4sccc43)C2=O)c(=O)n(-c2ccccc2)n1C. The van der Waals surface area contributed by atoms with Crippen LogP contribution in [0.3, 0.4) is 0 Å². The van der Waals surface area contributed by atoms with Gasteiger partial charge in [-0.05, 0) is 49.8 Å². The van der Waals surface area contributed by atoms with E-state index in [0.29, 0.717) is 17.8 Å². The summed E-state index contributed by atoms with van der Waals surface area (Å²) < 4.78 is 3.10. The minimum atomic E-state index is -1.10. The lowest BCUT2D eigenvalue weighted by Crippen LogP contribution is -2.46. The second kappa shape index (κ2) is 7.73. The van der Waals surface area contributed by atoms with Gasteiger partial charge in [0.05, 0.1) is 11.4 Å². The summed E-state index contributed by atoms with van der Waals surface area (Å²) in [6, 6.07) is 10.4. The molecule has 1 aliphatic carbocycles. The van der Waals surface area contributed by atoms with Crippen molar-refractivity contribution in [2.45, 2.75) is 31.7 Å². The quantitative estimate of drug-likeness (QED) is 0.577. The molecule has 1 atom stereocenters. The number of amides is 4. The molecule has 1 aromatic carbocycles. The number of anilines is 1. The van der Waals surface area contributed by atoms with E-state index in [-0.39, 0.29) is 5.69 Å². The monoisotopic (exact) mass is 465 g/mol. The molecule has 3 aromatic rings. The highest BCUT2D eigenvalue weighted by Crippen LogP contribution is 2.42. The predicted molar refractivity (Wildman–Crippen MR) is 124 cm³/mol. The van der Waals surface area contributed by atoms with Gasteiger partial charge in [0.15, 0.2) is 0 Å². The molecule has 0 saturated carbocycles. The van der Waals surface area contributed by atoms with Gasteiger partial charge in [-0.3, -0.25) is 24.0 Å². The van der Waals surface area contributed by atoms with Gasteiger partial charge in [0.1, 0.15) is 17.8 Å². The summed E-state index contributed by atoms with van der Waals surface area (Å²) in [5.74, 6) is -1.03. The molecule has 9 nitrogen and oxygen atoms in total. The molecule has 2 aromatic heterocycles. The highest BCUT2D eigenvalue weighted by Gasteiger charge is 2.54. The number of imide groups is 1. The Morgan fingerprint density at radius 3 is 2.70 bits per heavy atom. The standard InChI is InChI=1S/C23H23N5O4S/c1-14-19(20(30)28(26(14)2)15-7-4-3-5-8-15)24-18(29)13-27-21(31)23(25-22(27)32)11-6-9-17-16(23)10-12-33-17/h3-5,7-8,10,12H,6,9,11,13H2,1-2H3,(H,24,29)(H,25,32). The average Bonchev–Trinajstić information content (AvgIpc) is 3.43. The molecule has 4 amide bonds. The predicted octanol–water partition coefficient (Wildman–Crippen LogP) is 2.27. The summed E-state index contributed by atoms with van der Waals surface area (Å²) >= 11 is 1.57. The molecule has 1 aliphatic heterocycles. The van der Waals surface area contributed by atoms with Crippen LogP contribution < -0.4 is 16.2 Å². The summed E-state index contributed by atoms with van der Waals surface area (Å²) in [6.45, 7) is 1.25. The Kier molecular flexibility index (Phi) is 4.97. The number of rotatable bonds is 4. The Morgan fingerprint density at radius 2 is 1.94 bits per heavy atom. The van der Waals surface area contributed by atoms with Gasteiger partial charge >= 0.3 is 6.03 Å². The summed E-state index contributed by atoms with van der Waals surface area (Å²) in [5, 5.41) is 7.37. The van der Waals surface area contributed by atoms with E-state index in [2.05, 4.69) is 10.6 Å². The topological polar surface area (TPSA) is 105 Å². The fourth-order valence-corrected chi connectivity index (χ4v) is 5.72. The first-order valence-corrected chi connectivity index (χ1v) is 11.6. The Labute approximate surface area is 193 Å². The lowest BCUT2D eigenvalue weighted by molar-refractivity contribution is -0.134. The Bertz CT molecular complexity index is 1340. The first-order chi connectivity index (χ1) is 15.8. The van der Waals surface area contributed by atoms with Gasteiger partial charge in [-0.2, -0.15) is 0 Å². The van der Waals surface area contributed by atoms with Crippen LogP contribution in [0, 0.1) is 6.92 Å². The van der Waals surface area contributed by atoms with Crippen LogP contribution in [0.2, 0.25) is 0 Å². The minimum absolute atomic E-state index is 0.117. The number of hydrogen-bond donors (Lipinski definition) is 2. The third-order valence-corrected chi connectivity index (χ3v) is 7.44. The molecule has 33 heavy (non-hydrogen) atoms. The largest absolute Gasteiger partial charge is 0.325 e. The summed E-state index contributed by atoms with van der Waals surface area (Å²) in [5.41, 5.74) is 0.664. The normalized spacial score (nSPS) is 19.6. The molecular formula is C23H23N5O4S. The lowest BCUT2D eigenvalue weighted by Gasteiger charge is -2.31. The number of benzene rings is 1. The Hall–Kier alpha value is -3.66. The van der Waals surface area contributed by atoms with Crippen molar-refractivity contribution in [2.24, 2.45) is 7.05 Å². The van der Waals surface area contributed by atoms with Crippen LogP contribution >= 0.6 is 11.3 Å². The van der Waals surface area contributed by atoms with Crippen molar-refractivity contribution in [3.8, 4) is 5.69 Å². The van der Waals surface area contributed by atoms with Crippen LogP contribution in [0.25, 0.3) is 5.69 Å². The van der Waals surface area contributed by atoms with Crippen LogP contribution in [0.1, 0.15) is 29.0 Å². The number of carbonyl (C=O) groups is 3. The van der Waals surface area contributed by atoms with E-state index in [9.17, 15) is 19.2 Å². The van der Waals surface area contributed by atoms with Crippen molar-refractivity contribution in [1.29, 1.82) is 0 Å². The summed E-state index contributed by atoms with van der Waals surface area (Å²) in [7, 11) is 1.72. The number of fused-ring (bicyclic) bond motifs is 2. The zero-order valence-corrected chi connectivity index (χ0v) is 19.1. The first-order valence-electron chi connectivity index (χ1n) is 10.7. The average molecular weight is 466 g/mol. The molecule has 0 bridgehead atoms. The van der Waals surface area contributed by atoms with E-state index in [0.717, 1.165) is 28.2 Å². The fraction of sp³-hybridized carbons (Fsp3) is 0.304. The molecule has 0 radical (unpaired) electrons. The summed E-state index contributed by atoms with van der Waals surface area (Å²) in [6.07, 6.45) is 2.15. The Balaban J connectivity index is 1.38.